The van der Waals surface area contributed by atoms with Crippen LogP contribution in [0, 0.1) is 0 Å². The second kappa shape index (κ2) is 5.02. The van der Waals surface area contributed by atoms with Crippen molar-refractivity contribution in [3.63, 3.8) is 0 Å². The predicted octanol–water partition coefficient (Wildman–Crippen LogP) is 2.40. The molecule has 2 aromatic rings. The fourth-order valence-corrected chi connectivity index (χ4v) is 2.59. The van der Waals surface area contributed by atoms with Crippen LogP contribution in [0.1, 0.15) is 10.4 Å². The molecule has 3 heteroatoms. The molecule has 3 nitrogen and oxygen atoms in total. The number of hydrogen-bond acceptors (Lipinski definition) is 3. The Balaban J connectivity index is 1.91. The van der Waals surface area contributed by atoms with E-state index in [1.54, 1.807) is 0 Å². The van der Waals surface area contributed by atoms with Crippen molar-refractivity contribution in [3.05, 3.63) is 42.0 Å². The van der Waals surface area contributed by atoms with Gasteiger partial charge in [0.25, 0.3) is 0 Å². The highest BCUT2D eigenvalue weighted by Crippen LogP contribution is 2.23. The zero-order chi connectivity index (χ0) is 13.2. The van der Waals surface area contributed by atoms with E-state index in [0.717, 1.165) is 43.4 Å². The van der Waals surface area contributed by atoms with Crippen LogP contribution in [-0.2, 0) is 0 Å². The molecule has 1 aliphatic rings. The van der Waals surface area contributed by atoms with Crippen LogP contribution in [0.3, 0.4) is 0 Å². The second-order valence-corrected chi connectivity index (χ2v) is 5.20. The highest BCUT2D eigenvalue weighted by atomic mass is 16.1. The Morgan fingerprint density at radius 3 is 2.37 bits per heavy atom. The SMILES string of the molecule is CN1CCN(c2ccc3cc(C=O)ccc3c2)CC1. The molecule has 1 heterocycles. The van der Waals surface area contributed by atoms with E-state index in [9.17, 15) is 4.79 Å². The largest absolute Gasteiger partial charge is 0.369 e. The van der Waals surface area contributed by atoms with Crippen molar-refractivity contribution >= 4 is 22.7 Å². The van der Waals surface area contributed by atoms with Crippen molar-refractivity contribution in [2.75, 3.05) is 38.1 Å². The van der Waals surface area contributed by atoms with E-state index in [-0.39, 0.29) is 0 Å². The van der Waals surface area contributed by atoms with E-state index in [0.29, 0.717) is 0 Å². The number of hydrogen-bond donors (Lipinski definition) is 0. The number of benzene rings is 2. The minimum absolute atomic E-state index is 0.736. The number of anilines is 1. The Hall–Kier alpha value is -1.87. The quantitative estimate of drug-likeness (QED) is 0.769. The van der Waals surface area contributed by atoms with Gasteiger partial charge < -0.3 is 9.80 Å². The number of rotatable bonds is 2. The van der Waals surface area contributed by atoms with Gasteiger partial charge in [0.05, 0.1) is 0 Å². The Labute approximate surface area is 113 Å². The van der Waals surface area contributed by atoms with Crippen LogP contribution in [-0.4, -0.2) is 44.4 Å². The van der Waals surface area contributed by atoms with Crippen LogP contribution in [0.15, 0.2) is 36.4 Å². The first-order chi connectivity index (χ1) is 9.26. The van der Waals surface area contributed by atoms with Crippen molar-refractivity contribution in [2.45, 2.75) is 0 Å². The molecule has 19 heavy (non-hydrogen) atoms. The maximum Gasteiger partial charge on any atom is 0.150 e. The van der Waals surface area contributed by atoms with Gasteiger partial charge in [0.1, 0.15) is 6.29 Å². The highest BCUT2D eigenvalue weighted by Gasteiger charge is 2.14. The summed E-state index contributed by atoms with van der Waals surface area (Å²) in [7, 11) is 2.17. The number of aldehydes is 1. The van der Waals surface area contributed by atoms with Gasteiger partial charge in [0.2, 0.25) is 0 Å². The van der Waals surface area contributed by atoms with Gasteiger partial charge in [-0.3, -0.25) is 4.79 Å². The summed E-state index contributed by atoms with van der Waals surface area (Å²) in [5.74, 6) is 0. The lowest BCUT2D eigenvalue weighted by atomic mass is 10.1. The number of fused-ring (bicyclic) bond motifs is 1. The Kier molecular flexibility index (Phi) is 3.22. The fraction of sp³-hybridized carbons (Fsp3) is 0.312. The molecule has 0 unspecified atom stereocenters. The average molecular weight is 254 g/mol. The van der Waals surface area contributed by atoms with Gasteiger partial charge in [-0.1, -0.05) is 18.2 Å². The molecule has 1 fully saturated rings. The van der Waals surface area contributed by atoms with Crippen molar-refractivity contribution in [3.8, 4) is 0 Å². The molecule has 0 atom stereocenters. The monoisotopic (exact) mass is 254 g/mol. The topological polar surface area (TPSA) is 23.6 Å². The molecule has 0 bridgehead atoms. The average Bonchev–Trinajstić information content (AvgIpc) is 2.47. The zero-order valence-corrected chi connectivity index (χ0v) is 11.2. The third kappa shape index (κ3) is 2.47. The van der Waals surface area contributed by atoms with Crippen molar-refractivity contribution < 1.29 is 4.79 Å². The molecule has 0 aromatic heterocycles. The molecule has 2 aromatic carbocycles. The number of carbonyl (C=O) groups is 1. The van der Waals surface area contributed by atoms with Crippen LogP contribution in [0.2, 0.25) is 0 Å². The Morgan fingerprint density at radius 2 is 1.63 bits per heavy atom. The summed E-state index contributed by atoms with van der Waals surface area (Å²) in [6.07, 6.45) is 0.897. The number of likely N-dealkylation sites (N-methyl/N-ethyl adjacent to an activating group) is 1. The van der Waals surface area contributed by atoms with Gasteiger partial charge in [-0.05, 0) is 36.0 Å². The van der Waals surface area contributed by atoms with E-state index in [1.165, 1.54) is 11.1 Å². The first kappa shape index (κ1) is 12.2. The molecular weight excluding hydrogens is 236 g/mol. The summed E-state index contributed by atoms with van der Waals surface area (Å²) in [6, 6.07) is 12.3. The predicted molar refractivity (Wildman–Crippen MR) is 79.0 cm³/mol. The smallest absolute Gasteiger partial charge is 0.150 e. The van der Waals surface area contributed by atoms with Crippen LogP contribution >= 0.6 is 0 Å². The van der Waals surface area contributed by atoms with Crippen LogP contribution in [0.4, 0.5) is 5.69 Å². The maximum atomic E-state index is 10.8. The normalized spacial score (nSPS) is 16.8. The zero-order valence-electron chi connectivity index (χ0n) is 11.2. The molecule has 0 spiro atoms. The van der Waals surface area contributed by atoms with Crippen LogP contribution in [0.5, 0.6) is 0 Å². The van der Waals surface area contributed by atoms with Gasteiger partial charge in [0, 0.05) is 37.4 Å². The third-order valence-electron chi connectivity index (χ3n) is 3.85. The van der Waals surface area contributed by atoms with Crippen molar-refractivity contribution in [2.24, 2.45) is 0 Å². The summed E-state index contributed by atoms with van der Waals surface area (Å²) >= 11 is 0. The second-order valence-electron chi connectivity index (χ2n) is 5.20. The van der Waals surface area contributed by atoms with E-state index in [4.69, 9.17) is 0 Å². The molecule has 98 valence electrons. The van der Waals surface area contributed by atoms with Gasteiger partial charge in [-0.2, -0.15) is 0 Å². The fourth-order valence-electron chi connectivity index (χ4n) is 2.59. The molecule has 0 aliphatic carbocycles. The first-order valence-corrected chi connectivity index (χ1v) is 6.69. The minimum Gasteiger partial charge on any atom is -0.369 e. The third-order valence-corrected chi connectivity index (χ3v) is 3.85. The van der Waals surface area contributed by atoms with E-state index in [1.807, 2.05) is 18.2 Å². The van der Waals surface area contributed by atoms with Crippen LogP contribution < -0.4 is 4.90 Å². The summed E-state index contributed by atoms with van der Waals surface area (Å²) in [5, 5.41) is 2.32. The molecule has 0 amide bonds. The van der Waals surface area contributed by atoms with Gasteiger partial charge in [0.15, 0.2) is 0 Å². The molecule has 1 aliphatic heterocycles. The lowest BCUT2D eigenvalue weighted by Gasteiger charge is -2.34. The van der Waals surface area contributed by atoms with E-state index >= 15 is 0 Å². The Morgan fingerprint density at radius 1 is 0.947 bits per heavy atom. The summed E-state index contributed by atoms with van der Waals surface area (Å²) in [5.41, 5.74) is 2.01. The molecule has 0 N–H and O–H groups in total. The number of piperazine rings is 1. The minimum atomic E-state index is 0.736. The number of nitrogens with zero attached hydrogens (tertiary/aromatic N) is 2. The maximum absolute atomic E-state index is 10.8. The molecule has 0 saturated carbocycles. The lowest BCUT2D eigenvalue weighted by Crippen LogP contribution is -2.44. The Bertz CT molecular complexity index is 601. The molecule has 1 saturated heterocycles. The number of carbonyl (C=O) groups excluding carboxylic acids is 1. The molecule has 3 rings (SSSR count). The molecule has 0 radical (unpaired) electrons. The van der Waals surface area contributed by atoms with Gasteiger partial charge in [-0.15, -0.1) is 0 Å². The van der Waals surface area contributed by atoms with Crippen molar-refractivity contribution in [1.82, 2.24) is 4.90 Å². The first-order valence-electron chi connectivity index (χ1n) is 6.69. The van der Waals surface area contributed by atoms with E-state index in [2.05, 4.69) is 35.0 Å². The highest BCUT2D eigenvalue weighted by molar-refractivity contribution is 5.90. The standard InChI is InChI=1S/C16H18N2O/c1-17-6-8-18(9-7-17)16-5-4-14-10-13(12-19)2-3-15(14)11-16/h2-5,10-12H,6-9H2,1H3. The van der Waals surface area contributed by atoms with Crippen LogP contribution in [0.25, 0.3) is 10.8 Å². The lowest BCUT2D eigenvalue weighted by molar-refractivity contribution is 0.112. The summed E-state index contributed by atoms with van der Waals surface area (Å²) in [4.78, 5) is 15.6. The summed E-state index contributed by atoms with van der Waals surface area (Å²) < 4.78 is 0. The van der Waals surface area contributed by atoms with Gasteiger partial charge >= 0.3 is 0 Å². The summed E-state index contributed by atoms with van der Waals surface area (Å²) in [6.45, 7) is 4.38. The van der Waals surface area contributed by atoms with Gasteiger partial charge in [-0.25, -0.2) is 0 Å². The molecular formula is C16H18N2O. The van der Waals surface area contributed by atoms with E-state index < -0.39 is 0 Å². The van der Waals surface area contributed by atoms with Crippen molar-refractivity contribution in [1.29, 1.82) is 0 Å².